The Morgan fingerprint density at radius 1 is 0.568 bits per heavy atom. The summed E-state index contributed by atoms with van der Waals surface area (Å²) in [5.41, 5.74) is 9.22. The van der Waals surface area contributed by atoms with Crippen LogP contribution in [0, 0.1) is 6.92 Å². The van der Waals surface area contributed by atoms with Gasteiger partial charge in [-0.3, -0.25) is 4.57 Å². The van der Waals surface area contributed by atoms with E-state index in [1.165, 1.54) is 32.7 Å². The molecule has 3 nitrogen and oxygen atoms in total. The number of fused-ring (bicyclic) bond motifs is 5. The smallest absolute Gasteiger partial charge is 0.111 e. The van der Waals surface area contributed by atoms with Gasteiger partial charge in [-0.2, -0.15) is 0 Å². The minimum absolute atomic E-state index is 1.00. The van der Waals surface area contributed by atoms with E-state index in [-0.39, 0.29) is 0 Å². The fraction of sp³-hybridized carbons (Fsp3) is 0.0294. The van der Waals surface area contributed by atoms with Crippen molar-refractivity contribution in [2.45, 2.75) is 6.92 Å². The first-order chi connectivity index (χ1) is 18.3. The molecular weight excluding hydrogens is 450 g/mol. The summed E-state index contributed by atoms with van der Waals surface area (Å²) >= 11 is 0. The first kappa shape index (κ1) is 20.3. The third-order valence-electron chi connectivity index (χ3n) is 7.61. The van der Waals surface area contributed by atoms with Crippen LogP contribution in [0.5, 0.6) is 0 Å². The van der Waals surface area contributed by atoms with Crippen LogP contribution in [0.1, 0.15) is 5.82 Å². The Balaban J connectivity index is 1.46. The van der Waals surface area contributed by atoms with E-state index in [1.807, 2.05) is 0 Å². The van der Waals surface area contributed by atoms with E-state index < -0.39 is 0 Å². The molecule has 0 saturated carbocycles. The second-order valence-electron chi connectivity index (χ2n) is 9.70. The fourth-order valence-corrected chi connectivity index (χ4v) is 6.04. The predicted octanol–water partition coefficient (Wildman–Crippen LogP) is 9.09. The van der Waals surface area contributed by atoms with Crippen LogP contribution in [0.4, 0.5) is 17.1 Å². The summed E-state index contributed by atoms with van der Waals surface area (Å²) in [5.74, 6) is 1.00. The van der Waals surface area contributed by atoms with Gasteiger partial charge in [-0.1, -0.05) is 78.9 Å². The summed E-state index contributed by atoms with van der Waals surface area (Å²) in [5, 5.41) is 5.10. The minimum Gasteiger partial charge on any atom is -0.306 e. The van der Waals surface area contributed by atoms with Crippen molar-refractivity contribution in [1.82, 2.24) is 9.55 Å². The maximum absolute atomic E-state index is 4.90. The predicted molar refractivity (Wildman–Crippen MR) is 154 cm³/mol. The molecule has 1 aliphatic rings. The van der Waals surface area contributed by atoms with Crippen molar-refractivity contribution in [2.24, 2.45) is 0 Å². The molecule has 0 saturated heterocycles. The molecule has 0 bridgehead atoms. The lowest BCUT2D eigenvalue weighted by molar-refractivity contribution is 0.982. The summed E-state index contributed by atoms with van der Waals surface area (Å²) in [7, 11) is 0. The second kappa shape index (κ2) is 7.55. The van der Waals surface area contributed by atoms with Gasteiger partial charge in [0.15, 0.2) is 0 Å². The van der Waals surface area contributed by atoms with Crippen LogP contribution in [-0.4, -0.2) is 9.55 Å². The van der Waals surface area contributed by atoms with Gasteiger partial charge in [-0.05, 0) is 82.1 Å². The quantitative estimate of drug-likeness (QED) is 0.233. The van der Waals surface area contributed by atoms with E-state index in [9.17, 15) is 0 Å². The monoisotopic (exact) mass is 473 g/mol. The number of hydrogen-bond donors (Lipinski definition) is 0. The van der Waals surface area contributed by atoms with Gasteiger partial charge in [0.2, 0.25) is 0 Å². The molecule has 0 N–H and O–H groups in total. The highest BCUT2D eigenvalue weighted by Gasteiger charge is 2.28. The summed E-state index contributed by atoms with van der Waals surface area (Å²) in [6.45, 7) is 2.09. The maximum atomic E-state index is 4.90. The molecule has 0 amide bonds. The van der Waals surface area contributed by atoms with E-state index >= 15 is 0 Å². The van der Waals surface area contributed by atoms with Gasteiger partial charge in [0.25, 0.3) is 0 Å². The third kappa shape index (κ3) is 2.85. The van der Waals surface area contributed by atoms with Crippen LogP contribution in [0.25, 0.3) is 49.4 Å². The van der Waals surface area contributed by atoms with Gasteiger partial charge in [-0.25, -0.2) is 4.98 Å². The molecule has 0 unspecified atom stereocenters. The summed E-state index contributed by atoms with van der Waals surface area (Å²) in [6.07, 6.45) is 0. The Labute approximate surface area is 214 Å². The number of anilines is 3. The highest BCUT2D eigenvalue weighted by molar-refractivity contribution is 6.14. The molecule has 174 valence electrons. The Morgan fingerprint density at radius 3 is 2.19 bits per heavy atom. The van der Waals surface area contributed by atoms with Crippen molar-refractivity contribution < 1.29 is 0 Å². The average Bonchev–Trinajstić information content (AvgIpc) is 3.30. The number of rotatable bonds is 2. The van der Waals surface area contributed by atoms with Crippen molar-refractivity contribution in [2.75, 3.05) is 4.90 Å². The number of aromatic nitrogens is 2. The van der Waals surface area contributed by atoms with E-state index in [0.717, 1.165) is 39.6 Å². The van der Waals surface area contributed by atoms with Gasteiger partial charge < -0.3 is 4.90 Å². The highest BCUT2D eigenvalue weighted by Crippen LogP contribution is 2.48. The number of nitrogens with zero attached hydrogens (tertiary/aromatic N) is 3. The number of aryl methyl sites for hydroxylation is 1. The number of benzene rings is 6. The molecule has 0 atom stereocenters. The summed E-state index contributed by atoms with van der Waals surface area (Å²) in [6, 6.07) is 43.7. The molecule has 1 aromatic heterocycles. The maximum Gasteiger partial charge on any atom is 0.111 e. The Kier molecular flexibility index (Phi) is 4.15. The molecule has 0 aliphatic carbocycles. The normalized spacial score (nSPS) is 12.4. The van der Waals surface area contributed by atoms with Crippen molar-refractivity contribution in [3.05, 3.63) is 127 Å². The van der Waals surface area contributed by atoms with Crippen LogP contribution in [0.3, 0.4) is 0 Å². The molecule has 3 heteroatoms. The first-order valence-corrected chi connectivity index (χ1v) is 12.7. The van der Waals surface area contributed by atoms with Crippen LogP contribution in [0.15, 0.2) is 121 Å². The molecule has 37 heavy (non-hydrogen) atoms. The SMILES string of the molecule is Cc1nc2cccc3c2n1-c1ccc(-c2cc4ccccc4c4ccccc24)cc1N3c1ccccc1. The van der Waals surface area contributed by atoms with Crippen molar-refractivity contribution in [1.29, 1.82) is 0 Å². The van der Waals surface area contributed by atoms with E-state index in [4.69, 9.17) is 4.98 Å². The number of hydrogen-bond acceptors (Lipinski definition) is 2. The lowest BCUT2D eigenvalue weighted by atomic mass is 9.92. The molecular formula is C34H23N3. The lowest BCUT2D eigenvalue weighted by Gasteiger charge is -2.33. The Bertz CT molecular complexity index is 2000. The van der Waals surface area contributed by atoms with E-state index in [2.05, 4.69) is 138 Å². The molecule has 1 aliphatic heterocycles. The molecule has 6 aromatic carbocycles. The zero-order chi connectivity index (χ0) is 24.5. The van der Waals surface area contributed by atoms with Gasteiger partial charge >= 0.3 is 0 Å². The summed E-state index contributed by atoms with van der Waals surface area (Å²) < 4.78 is 2.31. The topological polar surface area (TPSA) is 21.1 Å². The van der Waals surface area contributed by atoms with Crippen LogP contribution < -0.4 is 4.90 Å². The first-order valence-electron chi connectivity index (χ1n) is 12.7. The largest absolute Gasteiger partial charge is 0.306 e. The average molecular weight is 474 g/mol. The molecule has 0 fully saturated rings. The molecule has 0 spiro atoms. The summed E-state index contributed by atoms with van der Waals surface area (Å²) in [4.78, 5) is 7.28. The molecule has 8 rings (SSSR count). The van der Waals surface area contributed by atoms with Gasteiger partial charge in [-0.15, -0.1) is 0 Å². The van der Waals surface area contributed by atoms with Crippen LogP contribution in [-0.2, 0) is 0 Å². The number of imidazole rings is 1. The minimum atomic E-state index is 1.00. The molecule has 0 radical (unpaired) electrons. The second-order valence-corrected chi connectivity index (χ2v) is 9.70. The molecule has 2 heterocycles. The number of para-hydroxylation sites is 2. The van der Waals surface area contributed by atoms with Crippen LogP contribution >= 0.6 is 0 Å². The van der Waals surface area contributed by atoms with E-state index in [0.29, 0.717) is 0 Å². The van der Waals surface area contributed by atoms with E-state index in [1.54, 1.807) is 0 Å². The highest BCUT2D eigenvalue weighted by atomic mass is 15.2. The van der Waals surface area contributed by atoms with Gasteiger partial charge in [0, 0.05) is 5.69 Å². The standard InChI is InChI=1S/C34H23N3/c1-22-35-30-16-9-17-32-34(30)36(22)31-19-18-24(21-33(31)37(32)25-11-3-2-4-12-25)29-20-23-10-5-6-13-26(23)27-14-7-8-15-28(27)29/h2-21H,1H3. The van der Waals surface area contributed by atoms with Crippen molar-refractivity contribution >= 4 is 49.6 Å². The zero-order valence-electron chi connectivity index (χ0n) is 20.4. The van der Waals surface area contributed by atoms with Crippen LogP contribution in [0.2, 0.25) is 0 Å². The lowest BCUT2D eigenvalue weighted by Crippen LogP contribution is -2.18. The fourth-order valence-electron chi connectivity index (χ4n) is 6.04. The van der Waals surface area contributed by atoms with Crippen molar-refractivity contribution in [3.8, 4) is 16.8 Å². The Morgan fingerprint density at radius 2 is 1.32 bits per heavy atom. The third-order valence-corrected chi connectivity index (χ3v) is 7.61. The molecule has 7 aromatic rings. The van der Waals surface area contributed by atoms with Crippen molar-refractivity contribution in [3.63, 3.8) is 0 Å². The zero-order valence-corrected chi connectivity index (χ0v) is 20.4. The van der Waals surface area contributed by atoms with Gasteiger partial charge in [0.05, 0.1) is 28.1 Å². The Hall–Kier alpha value is -4.89. The van der Waals surface area contributed by atoms with Gasteiger partial charge in [0.1, 0.15) is 5.82 Å².